The van der Waals surface area contributed by atoms with Crippen molar-refractivity contribution in [3.05, 3.63) is 65.7 Å². The Morgan fingerprint density at radius 3 is 1.69 bits per heavy atom. The lowest BCUT2D eigenvalue weighted by molar-refractivity contribution is -0.143. The van der Waals surface area contributed by atoms with E-state index in [1.54, 1.807) is 63.2 Å². The fourth-order valence-corrected chi connectivity index (χ4v) is 9.30. The number of aliphatic imine (C=N–C) groups is 4. The molecule has 0 spiro atoms. The molecule has 2 aliphatic rings. The third kappa shape index (κ3) is 22.6. The average Bonchev–Trinajstić information content (AvgIpc) is 3.90. The molecule has 2 aromatic rings. The SMILES string of the molecule is CCC(C)C(N)C(=O)NC(C)C(=O)NC(CCCN=C(N)N)C(=O)NC(CCCN=C(N)N)C(=O)NC(CC1C=NC=N1)C(=O)N1CCCC1C(=O)NC(Cc1ccc(O)cc1)C(=O)NC(Cc1ccccc1)C(=O)NC(CC(C)C)C(=O)O. The number of guanidine groups is 2. The minimum Gasteiger partial charge on any atom is -0.508 e. The van der Waals surface area contributed by atoms with Gasteiger partial charge in [-0.1, -0.05) is 76.6 Å². The molecular weight excluding hydrogens is 1090 g/mol. The van der Waals surface area contributed by atoms with E-state index in [0.29, 0.717) is 24.0 Å². The van der Waals surface area contributed by atoms with E-state index >= 15 is 0 Å². The molecule has 11 unspecified atom stereocenters. The summed E-state index contributed by atoms with van der Waals surface area (Å²) in [7, 11) is 0. The molecule has 28 nitrogen and oxygen atoms in total. The monoisotopic (exact) mass is 1170 g/mol. The third-order valence-electron chi connectivity index (χ3n) is 14.2. The van der Waals surface area contributed by atoms with E-state index in [-0.39, 0.29) is 107 Å². The van der Waals surface area contributed by atoms with Gasteiger partial charge in [0.05, 0.1) is 12.1 Å². The van der Waals surface area contributed by atoms with Crippen LogP contribution in [0.5, 0.6) is 5.75 Å². The summed E-state index contributed by atoms with van der Waals surface area (Å²) in [6.45, 7) is 8.84. The van der Waals surface area contributed by atoms with Crippen LogP contribution in [0, 0.1) is 11.8 Å². The number of nitrogens with two attached hydrogens (primary N) is 5. The van der Waals surface area contributed by atoms with Crippen LogP contribution in [-0.2, 0) is 56.0 Å². The largest absolute Gasteiger partial charge is 0.508 e. The molecule has 0 aromatic heterocycles. The maximum Gasteiger partial charge on any atom is 0.326 e. The van der Waals surface area contributed by atoms with E-state index in [9.17, 15) is 53.4 Å². The number of hydrogen-bond acceptors (Lipinski definition) is 15. The number of likely N-dealkylation sites (tertiary alicyclic amines) is 1. The molecule has 0 aliphatic carbocycles. The topological polar surface area (TPSA) is 461 Å². The van der Waals surface area contributed by atoms with Crippen LogP contribution < -0.4 is 65.9 Å². The highest BCUT2D eigenvalue weighted by molar-refractivity contribution is 5.99. The van der Waals surface area contributed by atoms with Crippen molar-refractivity contribution in [1.82, 2.24) is 42.1 Å². The summed E-state index contributed by atoms with van der Waals surface area (Å²) in [5, 5.41) is 38.8. The van der Waals surface area contributed by atoms with Gasteiger partial charge in [0.25, 0.3) is 0 Å². The molecule has 19 N–H and O–H groups in total. The van der Waals surface area contributed by atoms with Gasteiger partial charge in [-0.2, -0.15) is 0 Å². The normalized spacial score (nSPS) is 17.6. The van der Waals surface area contributed by atoms with E-state index in [2.05, 4.69) is 57.2 Å². The quantitative estimate of drug-likeness (QED) is 0.0206. The average molecular weight is 1170 g/mol. The molecular formula is C56H85N17O11. The Bertz CT molecular complexity index is 2670. The molecule has 4 rings (SSSR count). The fourth-order valence-electron chi connectivity index (χ4n) is 9.30. The zero-order chi connectivity index (χ0) is 62.0. The smallest absolute Gasteiger partial charge is 0.326 e. The molecule has 0 bridgehead atoms. The van der Waals surface area contributed by atoms with Gasteiger partial charge < -0.3 is 81.0 Å². The van der Waals surface area contributed by atoms with Gasteiger partial charge in [-0.15, -0.1) is 0 Å². The second-order valence-electron chi connectivity index (χ2n) is 21.5. The summed E-state index contributed by atoms with van der Waals surface area (Å²) in [5.41, 5.74) is 29.4. The van der Waals surface area contributed by atoms with Gasteiger partial charge >= 0.3 is 5.97 Å². The number of nitrogens with one attached hydrogen (secondary N) is 7. The molecule has 11 atom stereocenters. The van der Waals surface area contributed by atoms with E-state index in [1.165, 1.54) is 36.5 Å². The predicted octanol–water partition coefficient (Wildman–Crippen LogP) is -1.94. The van der Waals surface area contributed by atoms with Crippen molar-refractivity contribution in [1.29, 1.82) is 0 Å². The van der Waals surface area contributed by atoms with Crippen molar-refractivity contribution < 1.29 is 53.4 Å². The van der Waals surface area contributed by atoms with Gasteiger partial charge in [0.2, 0.25) is 47.3 Å². The number of benzene rings is 2. The van der Waals surface area contributed by atoms with Crippen molar-refractivity contribution in [2.75, 3.05) is 19.6 Å². The first kappa shape index (κ1) is 67.8. The third-order valence-corrected chi connectivity index (χ3v) is 14.2. The Kier molecular flexibility index (Phi) is 27.5. The van der Waals surface area contributed by atoms with Gasteiger partial charge in [-0.25, -0.2) is 9.79 Å². The second-order valence-corrected chi connectivity index (χ2v) is 21.5. The van der Waals surface area contributed by atoms with Gasteiger partial charge in [0, 0.05) is 45.1 Å². The molecule has 84 heavy (non-hydrogen) atoms. The Balaban J connectivity index is 1.64. The lowest BCUT2D eigenvalue weighted by Gasteiger charge is -2.31. The first-order valence-corrected chi connectivity index (χ1v) is 28.3. The zero-order valence-corrected chi connectivity index (χ0v) is 48.4. The number of rotatable bonds is 34. The van der Waals surface area contributed by atoms with Crippen LogP contribution in [-0.4, -0.2) is 173 Å². The Labute approximate surface area is 488 Å². The fraction of sp³-hybridized carbons (Fsp3) is 0.554. The molecule has 8 amide bonds. The van der Waals surface area contributed by atoms with Crippen LogP contribution in [0.4, 0.5) is 0 Å². The maximum absolute atomic E-state index is 15.0. The lowest BCUT2D eigenvalue weighted by Crippen LogP contribution is -2.60. The zero-order valence-electron chi connectivity index (χ0n) is 48.4. The molecule has 2 heterocycles. The first-order chi connectivity index (χ1) is 39.9. The van der Waals surface area contributed by atoms with Crippen LogP contribution in [0.15, 0.2) is 74.6 Å². The molecule has 0 radical (unpaired) electrons. The van der Waals surface area contributed by atoms with Crippen molar-refractivity contribution in [3.8, 4) is 5.75 Å². The van der Waals surface area contributed by atoms with Crippen LogP contribution in [0.3, 0.4) is 0 Å². The number of carboxylic acid groups (broad SMARTS) is 1. The standard InChI is InChI=1S/C56H85N17O11/c1-6-32(4)45(57)52(81)66-33(5)46(75)67-38(15-10-22-63-55(58)59)47(76)68-39(16-11-23-64-56(60)61)48(77)71-42(28-36-29-62-30-65-36)53(82)73-24-12-17-44(73)51(80)70-41(27-35-18-20-37(74)21-19-35)49(78)69-40(26-34-13-8-7-9-14-34)50(79)72-43(54(83)84)25-31(2)3/h7-9,13-14,18-21,29-33,36,38-45,74H,6,10-12,15-17,22-28,57H2,1-5H3,(H,66,81)(H,67,75)(H,68,76)(H,69,78)(H,70,80)(H,71,77)(H,72,79)(H,83,84)(H4,58,59,63)(H4,60,61,64). The molecule has 28 heteroatoms. The van der Waals surface area contributed by atoms with Crippen LogP contribution in [0.1, 0.15) is 104 Å². The second kappa shape index (κ2) is 34.0. The first-order valence-electron chi connectivity index (χ1n) is 28.3. The molecule has 2 aliphatic heterocycles. The number of nitrogens with zero attached hydrogens (tertiary/aromatic N) is 5. The van der Waals surface area contributed by atoms with E-state index < -0.39 is 114 Å². The number of carbonyl (C=O) groups excluding carboxylic acids is 8. The molecule has 1 fully saturated rings. The summed E-state index contributed by atoms with van der Waals surface area (Å²) in [6.07, 6.45) is 3.79. The summed E-state index contributed by atoms with van der Waals surface area (Å²) in [5.74, 6) is -8.04. The minimum atomic E-state index is -1.39. The number of phenols is 1. The van der Waals surface area contributed by atoms with Gasteiger partial charge in [0.15, 0.2) is 11.9 Å². The minimum absolute atomic E-state index is 0.0327. The van der Waals surface area contributed by atoms with Gasteiger partial charge in [-0.05, 0) is 87.0 Å². The summed E-state index contributed by atoms with van der Waals surface area (Å²) in [4.78, 5) is 143. The number of phenolic OH excluding ortho intramolecular Hbond substituents is 1. The van der Waals surface area contributed by atoms with E-state index in [0.717, 1.165) is 0 Å². The summed E-state index contributed by atoms with van der Waals surface area (Å²) in [6, 6.07) is 2.60. The van der Waals surface area contributed by atoms with Crippen LogP contribution in [0.25, 0.3) is 0 Å². The Morgan fingerprint density at radius 2 is 1.17 bits per heavy atom. The number of aromatic hydroxyl groups is 1. The number of carbonyl (C=O) groups is 9. The van der Waals surface area contributed by atoms with Crippen molar-refractivity contribution >= 4 is 77.7 Å². The van der Waals surface area contributed by atoms with Crippen molar-refractivity contribution in [2.45, 2.75) is 166 Å². The number of carboxylic acids is 1. The summed E-state index contributed by atoms with van der Waals surface area (Å²) >= 11 is 0. The van der Waals surface area contributed by atoms with Crippen LogP contribution in [0.2, 0.25) is 0 Å². The predicted molar refractivity (Wildman–Crippen MR) is 316 cm³/mol. The van der Waals surface area contributed by atoms with Gasteiger partial charge in [0.1, 0.15) is 60.4 Å². The highest BCUT2D eigenvalue weighted by Gasteiger charge is 2.41. The Morgan fingerprint density at radius 1 is 0.655 bits per heavy atom. The number of amides is 8. The van der Waals surface area contributed by atoms with Gasteiger partial charge in [-0.3, -0.25) is 53.3 Å². The summed E-state index contributed by atoms with van der Waals surface area (Å²) < 4.78 is 0. The number of hydrogen-bond donors (Lipinski definition) is 14. The maximum atomic E-state index is 15.0. The Hall–Kier alpha value is -8.69. The van der Waals surface area contributed by atoms with E-state index in [1.807, 2.05) is 6.92 Å². The number of aliphatic carboxylic acids is 1. The highest BCUT2D eigenvalue weighted by atomic mass is 16.4. The van der Waals surface area contributed by atoms with Crippen molar-refractivity contribution in [3.63, 3.8) is 0 Å². The molecule has 460 valence electrons. The molecule has 0 saturated carbocycles. The van der Waals surface area contributed by atoms with Crippen molar-refractivity contribution in [2.24, 2.45) is 60.5 Å². The van der Waals surface area contributed by atoms with E-state index in [4.69, 9.17) is 28.7 Å². The molecule has 1 saturated heterocycles. The lowest BCUT2D eigenvalue weighted by atomic mass is 9.99. The van der Waals surface area contributed by atoms with Crippen LogP contribution >= 0.6 is 0 Å². The molecule has 2 aromatic carbocycles. The highest BCUT2D eigenvalue weighted by Crippen LogP contribution is 2.22.